The molecule has 0 aromatic rings. The molecule has 0 aliphatic carbocycles. The molecule has 1 aliphatic rings. The summed E-state index contributed by atoms with van der Waals surface area (Å²) in [6.45, 7) is 8.85. The van der Waals surface area contributed by atoms with Crippen LogP contribution in [0.25, 0.3) is 0 Å². The predicted molar refractivity (Wildman–Crippen MR) is 68.6 cm³/mol. The van der Waals surface area contributed by atoms with E-state index in [1.807, 2.05) is 11.8 Å². The van der Waals surface area contributed by atoms with Gasteiger partial charge in [-0.2, -0.15) is 11.8 Å². The standard InChI is InChI=1S/C12H25NOS/c1-4-6-13-12(10(3)5-2)11-9-15-8-7-14-11/h10-13H,4-9H2,1-3H3. The van der Waals surface area contributed by atoms with Gasteiger partial charge in [-0.05, 0) is 18.9 Å². The van der Waals surface area contributed by atoms with Gasteiger partial charge in [-0.15, -0.1) is 0 Å². The third-order valence-electron chi connectivity index (χ3n) is 3.13. The first kappa shape index (κ1) is 13.3. The van der Waals surface area contributed by atoms with Crippen LogP contribution in [0.15, 0.2) is 0 Å². The number of ether oxygens (including phenoxy) is 1. The van der Waals surface area contributed by atoms with Crippen LogP contribution in [0.3, 0.4) is 0 Å². The molecular formula is C12H25NOS. The summed E-state index contributed by atoms with van der Waals surface area (Å²) in [5.74, 6) is 3.03. The summed E-state index contributed by atoms with van der Waals surface area (Å²) in [6, 6.07) is 0.544. The average molecular weight is 231 g/mol. The molecule has 1 N–H and O–H groups in total. The molecule has 1 aliphatic heterocycles. The van der Waals surface area contributed by atoms with E-state index in [0.717, 1.165) is 24.7 Å². The van der Waals surface area contributed by atoms with Crippen LogP contribution < -0.4 is 5.32 Å². The SMILES string of the molecule is CCCNC(C(C)CC)C1CSCCO1. The predicted octanol–water partition coefficient (Wildman–Crippen LogP) is 2.53. The molecule has 0 saturated carbocycles. The summed E-state index contributed by atoms with van der Waals surface area (Å²) >= 11 is 2.03. The monoisotopic (exact) mass is 231 g/mol. The highest BCUT2D eigenvalue weighted by Gasteiger charge is 2.27. The minimum atomic E-state index is 0.422. The normalized spacial score (nSPS) is 26.2. The van der Waals surface area contributed by atoms with Gasteiger partial charge in [0, 0.05) is 17.5 Å². The molecule has 0 amide bonds. The second-order valence-corrected chi connectivity index (χ2v) is 5.50. The first-order chi connectivity index (χ1) is 7.29. The maximum absolute atomic E-state index is 5.88. The van der Waals surface area contributed by atoms with Gasteiger partial charge < -0.3 is 10.1 Å². The number of hydrogen-bond donors (Lipinski definition) is 1. The Morgan fingerprint density at radius 2 is 2.27 bits per heavy atom. The minimum absolute atomic E-state index is 0.422. The largest absolute Gasteiger partial charge is 0.375 e. The lowest BCUT2D eigenvalue weighted by Crippen LogP contribution is -2.48. The fourth-order valence-corrected chi connectivity index (χ4v) is 2.89. The minimum Gasteiger partial charge on any atom is -0.375 e. The van der Waals surface area contributed by atoms with Crippen LogP contribution in [-0.4, -0.2) is 36.8 Å². The summed E-state index contributed by atoms with van der Waals surface area (Å²) in [5, 5.41) is 3.65. The molecule has 0 aromatic carbocycles. The molecule has 1 rings (SSSR count). The van der Waals surface area contributed by atoms with E-state index in [2.05, 4.69) is 26.1 Å². The Labute approximate surface area is 98.5 Å². The molecule has 15 heavy (non-hydrogen) atoms. The van der Waals surface area contributed by atoms with E-state index in [-0.39, 0.29) is 0 Å². The molecule has 0 spiro atoms. The van der Waals surface area contributed by atoms with E-state index < -0.39 is 0 Å². The van der Waals surface area contributed by atoms with E-state index in [1.165, 1.54) is 12.8 Å². The Balaban J connectivity index is 2.45. The van der Waals surface area contributed by atoms with Crippen LogP contribution in [0.1, 0.15) is 33.6 Å². The van der Waals surface area contributed by atoms with Gasteiger partial charge in [0.25, 0.3) is 0 Å². The van der Waals surface area contributed by atoms with Crippen LogP contribution in [0.4, 0.5) is 0 Å². The van der Waals surface area contributed by atoms with Gasteiger partial charge in [0.15, 0.2) is 0 Å². The summed E-state index contributed by atoms with van der Waals surface area (Å²) < 4.78 is 5.88. The molecule has 1 heterocycles. The van der Waals surface area contributed by atoms with Crippen molar-refractivity contribution < 1.29 is 4.74 Å². The number of hydrogen-bond acceptors (Lipinski definition) is 3. The molecule has 0 aromatic heterocycles. The van der Waals surface area contributed by atoms with Crippen molar-refractivity contribution >= 4 is 11.8 Å². The first-order valence-electron chi connectivity index (χ1n) is 6.22. The fraction of sp³-hybridized carbons (Fsp3) is 1.00. The molecule has 3 heteroatoms. The first-order valence-corrected chi connectivity index (χ1v) is 7.37. The van der Waals surface area contributed by atoms with Gasteiger partial charge in [0.2, 0.25) is 0 Å². The zero-order valence-corrected chi connectivity index (χ0v) is 11.1. The topological polar surface area (TPSA) is 21.3 Å². The van der Waals surface area contributed by atoms with Crippen LogP contribution in [0, 0.1) is 5.92 Å². The van der Waals surface area contributed by atoms with Crippen molar-refractivity contribution in [3.63, 3.8) is 0 Å². The molecule has 3 atom stereocenters. The average Bonchev–Trinajstić information content (AvgIpc) is 2.30. The molecule has 1 fully saturated rings. The smallest absolute Gasteiger partial charge is 0.0821 e. The van der Waals surface area contributed by atoms with Crippen LogP contribution in [0.2, 0.25) is 0 Å². The molecule has 3 unspecified atom stereocenters. The van der Waals surface area contributed by atoms with Gasteiger partial charge >= 0.3 is 0 Å². The van der Waals surface area contributed by atoms with E-state index in [0.29, 0.717) is 18.1 Å². The Bertz CT molecular complexity index is 160. The fourth-order valence-electron chi connectivity index (χ4n) is 1.98. The summed E-state index contributed by atoms with van der Waals surface area (Å²) in [4.78, 5) is 0. The van der Waals surface area contributed by atoms with Crippen molar-refractivity contribution in [2.24, 2.45) is 5.92 Å². The van der Waals surface area contributed by atoms with Crippen molar-refractivity contribution in [1.82, 2.24) is 5.32 Å². The molecule has 0 bridgehead atoms. The van der Waals surface area contributed by atoms with Gasteiger partial charge in [0.05, 0.1) is 12.7 Å². The van der Waals surface area contributed by atoms with E-state index >= 15 is 0 Å². The zero-order chi connectivity index (χ0) is 11.1. The Hall–Kier alpha value is 0.270. The van der Waals surface area contributed by atoms with Crippen LogP contribution >= 0.6 is 11.8 Å². The van der Waals surface area contributed by atoms with Crippen molar-refractivity contribution in [3.05, 3.63) is 0 Å². The third kappa shape index (κ3) is 4.33. The summed E-state index contributed by atoms with van der Waals surface area (Å²) in [6.07, 6.45) is 2.85. The number of thioether (sulfide) groups is 1. The lowest BCUT2D eigenvalue weighted by atomic mass is 9.94. The number of rotatable bonds is 6. The third-order valence-corrected chi connectivity index (χ3v) is 4.15. The van der Waals surface area contributed by atoms with Gasteiger partial charge in [-0.25, -0.2) is 0 Å². The van der Waals surface area contributed by atoms with Crippen LogP contribution in [-0.2, 0) is 4.74 Å². The second-order valence-electron chi connectivity index (χ2n) is 4.35. The molecule has 0 radical (unpaired) electrons. The lowest BCUT2D eigenvalue weighted by molar-refractivity contribution is 0.0315. The molecule has 2 nitrogen and oxygen atoms in total. The van der Waals surface area contributed by atoms with E-state index in [1.54, 1.807) is 0 Å². The zero-order valence-electron chi connectivity index (χ0n) is 10.3. The Morgan fingerprint density at radius 1 is 1.47 bits per heavy atom. The van der Waals surface area contributed by atoms with E-state index in [9.17, 15) is 0 Å². The molecule has 90 valence electrons. The highest BCUT2D eigenvalue weighted by atomic mass is 32.2. The quantitative estimate of drug-likeness (QED) is 0.759. The summed E-state index contributed by atoms with van der Waals surface area (Å²) in [7, 11) is 0. The maximum Gasteiger partial charge on any atom is 0.0821 e. The highest BCUT2D eigenvalue weighted by molar-refractivity contribution is 7.99. The van der Waals surface area contributed by atoms with Crippen molar-refractivity contribution in [2.75, 3.05) is 24.7 Å². The Morgan fingerprint density at radius 3 is 2.80 bits per heavy atom. The van der Waals surface area contributed by atoms with Crippen molar-refractivity contribution in [1.29, 1.82) is 0 Å². The van der Waals surface area contributed by atoms with Gasteiger partial charge in [0.1, 0.15) is 0 Å². The van der Waals surface area contributed by atoms with Gasteiger partial charge in [-0.3, -0.25) is 0 Å². The van der Waals surface area contributed by atoms with E-state index in [4.69, 9.17) is 4.74 Å². The maximum atomic E-state index is 5.88. The van der Waals surface area contributed by atoms with Crippen LogP contribution in [0.5, 0.6) is 0 Å². The lowest BCUT2D eigenvalue weighted by Gasteiger charge is -2.34. The van der Waals surface area contributed by atoms with Gasteiger partial charge in [-0.1, -0.05) is 27.2 Å². The second kappa shape index (κ2) is 7.53. The number of nitrogens with one attached hydrogen (secondary N) is 1. The highest BCUT2D eigenvalue weighted by Crippen LogP contribution is 2.21. The Kier molecular flexibility index (Phi) is 6.69. The molecule has 1 saturated heterocycles. The summed E-state index contributed by atoms with van der Waals surface area (Å²) in [5.41, 5.74) is 0. The molecular weight excluding hydrogens is 206 g/mol. The van der Waals surface area contributed by atoms with Crippen molar-refractivity contribution in [2.45, 2.75) is 45.8 Å². The van der Waals surface area contributed by atoms with Crippen molar-refractivity contribution in [3.8, 4) is 0 Å².